The molecule has 4 N–H and O–H groups in total. The molecule has 0 spiro atoms. The zero-order chi connectivity index (χ0) is 19.2. The van der Waals surface area contributed by atoms with Gasteiger partial charge in [0.05, 0.1) is 18.0 Å². The fourth-order valence-corrected chi connectivity index (χ4v) is 2.86. The summed E-state index contributed by atoms with van der Waals surface area (Å²) in [5, 5.41) is 2.83. The molecular formula is C20H19N2O4P. The highest BCUT2D eigenvalue weighted by Crippen LogP contribution is 2.27. The Bertz CT molecular complexity index is 959. The molecule has 27 heavy (non-hydrogen) atoms. The van der Waals surface area contributed by atoms with Crippen molar-refractivity contribution in [2.75, 3.05) is 11.1 Å². The van der Waals surface area contributed by atoms with E-state index >= 15 is 0 Å². The third-order valence-electron chi connectivity index (χ3n) is 3.99. The van der Waals surface area contributed by atoms with Crippen LogP contribution in [0.2, 0.25) is 0 Å². The molecule has 0 aliphatic rings. The van der Waals surface area contributed by atoms with Crippen molar-refractivity contribution in [3.8, 4) is 11.1 Å². The number of nitrogens with one attached hydrogen (secondary N) is 1. The van der Waals surface area contributed by atoms with Crippen molar-refractivity contribution in [2.24, 2.45) is 0 Å². The molecule has 3 aromatic carbocycles. The maximum Gasteiger partial charge on any atom is 0.316 e. The Morgan fingerprint density at radius 3 is 2.37 bits per heavy atom. The van der Waals surface area contributed by atoms with Crippen LogP contribution in [-0.2, 0) is 15.7 Å². The smallest absolute Gasteiger partial charge is 0.316 e. The number of rotatable bonds is 6. The molecule has 0 heterocycles. The van der Waals surface area contributed by atoms with Gasteiger partial charge in [0.2, 0.25) is 0 Å². The first-order valence-electron chi connectivity index (χ1n) is 8.24. The van der Waals surface area contributed by atoms with Crippen LogP contribution >= 0.6 is 8.25 Å². The van der Waals surface area contributed by atoms with Gasteiger partial charge in [0, 0.05) is 5.56 Å². The first-order chi connectivity index (χ1) is 13.0. The number of hydrogen-bond acceptors (Lipinski definition) is 4. The van der Waals surface area contributed by atoms with Crippen molar-refractivity contribution in [1.82, 2.24) is 0 Å². The van der Waals surface area contributed by atoms with Gasteiger partial charge in [-0.05, 0) is 41.0 Å². The molecule has 1 amide bonds. The van der Waals surface area contributed by atoms with E-state index in [0.717, 1.165) is 11.1 Å². The highest BCUT2D eigenvalue weighted by atomic mass is 31.1. The molecule has 3 aromatic rings. The Hall–Kier alpha value is -2.92. The van der Waals surface area contributed by atoms with E-state index in [1.165, 1.54) is 0 Å². The molecule has 0 bridgehead atoms. The van der Waals surface area contributed by atoms with Crippen molar-refractivity contribution >= 4 is 25.5 Å². The van der Waals surface area contributed by atoms with Crippen LogP contribution in [0.3, 0.4) is 0 Å². The molecule has 7 heteroatoms. The maximum atomic E-state index is 12.5. The van der Waals surface area contributed by atoms with E-state index in [9.17, 15) is 9.36 Å². The van der Waals surface area contributed by atoms with E-state index < -0.39 is 8.25 Å². The number of carbonyl (C=O) groups is 1. The van der Waals surface area contributed by atoms with Gasteiger partial charge in [-0.2, -0.15) is 0 Å². The van der Waals surface area contributed by atoms with Gasteiger partial charge in [-0.15, -0.1) is 0 Å². The van der Waals surface area contributed by atoms with Gasteiger partial charge < -0.3 is 20.5 Å². The molecule has 138 valence electrons. The molecule has 0 saturated carbocycles. The highest BCUT2D eigenvalue weighted by Gasteiger charge is 2.10. The number of carbonyl (C=O) groups excluding carboxylic acids is 1. The summed E-state index contributed by atoms with van der Waals surface area (Å²) in [4.78, 5) is 21.2. The Labute approximate surface area is 157 Å². The predicted molar refractivity (Wildman–Crippen MR) is 107 cm³/mol. The molecule has 6 nitrogen and oxygen atoms in total. The third-order valence-corrected chi connectivity index (χ3v) is 4.38. The molecular weight excluding hydrogens is 363 g/mol. The van der Waals surface area contributed by atoms with Crippen LogP contribution in [-0.4, -0.2) is 10.8 Å². The van der Waals surface area contributed by atoms with Gasteiger partial charge in [0.15, 0.2) is 0 Å². The summed E-state index contributed by atoms with van der Waals surface area (Å²) in [6, 6.07) is 21.9. The lowest BCUT2D eigenvalue weighted by molar-refractivity contribution is 0.102. The third kappa shape index (κ3) is 5.05. The van der Waals surface area contributed by atoms with Gasteiger partial charge >= 0.3 is 8.25 Å². The standard InChI is InChI=1S/C20H19N2O4P/c21-18-11-10-17(15-4-2-1-3-5-15)12-19(18)22-20(23)16-8-6-14(7-9-16)13-26-27(24)25/h1-12,27H,13,21H2,(H,22,23)(H,24,25). The topological polar surface area (TPSA) is 102 Å². The highest BCUT2D eigenvalue weighted by molar-refractivity contribution is 7.32. The van der Waals surface area contributed by atoms with Crippen LogP contribution in [0, 0.1) is 0 Å². The van der Waals surface area contributed by atoms with Crippen molar-refractivity contribution in [2.45, 2.75) is 6.61 Å². The van der Waals surface area contributed by atoms with Crippen LogP contribution < -0.4 is 11.1 Å². The minimum absolute atomic E-state index is 0.0161. The van der Waals surface area contributed by atoms with Gasteiger partial charge in [-0.25, -0.2) is 0 Å². The van der Waals surface area contributed by atoms with E-state index in [4.69, 9.17) is 10.6 Å². The normalized spacial score (nSPS) is 11.7. The predicted octanol–water partition coefficient (Wildman–Crippen LogP) is 4.09. The Morgan fingerprint density at radius 2 is 1.70 bits per heavy atom. The van der Waals surface area contributed by atoms with Crippen molar-refractivity contribution in [3.63, 3.8) is 0 Å². The number of nitrogens with two attached hydrogens (primary N) is 1. The molecule has 1 unspecified atom stereocenters. The van der Waals surface area contributed by atoms with Crippen molar-refractivity contribution in [3.05, 3.63) is 83.9 Å². The van der Waals surface area contributed by atoms with Gasteiger partial charge in [-0.1, -0.05) is 48.5 Å². The molecule has 0 radical (unpaired) electrons. The zero-order valence-electron chi connectivity index (χ0n) is 14.4. The van der Waals surface area contributed by atoms with Crippen LogP contribution in [0.15, 0.2) is 72.8 Å². The quantitative estimate of drug-likeness (QED) is 0.440. The summed E-state index contributed by atoms with van der Waals surface area (Å²) >= 11 is 0. The average molecular weight is 382 g/mol. The second-order valence-corrected chi connectivity index (χ2v) is 6.69. The molecule has 1 atom stereocenters. The molecule has 0 aliphatic carbocycles. The first-order valence-corrected chi connectivity index (χ1v) is 9.50. The number of anilines is 2. The molecule has 0 aliphatic heterocycles. The molecule has 0 saturated heterocycles. The summed E-state index contributed by atoms with van der Waals surface area (Å²) < 4.78 is 15.3. The van der Waals surface area contributed by atoms with E-state index in [1.54, 1.807) is 30.3 Å². The number of hydrogen-bond donors (Lipinski definition) is 3. The second-order valence-electron chi connectivity index (χ2n) is 5.87. The zero-order valence-corrected chi connectivity index (χ0v) is 15.4. The Morgan fingerprint density at radius 1 is 1.00 bits per heavy atom. The monoisotopic (exact) mass is 382 g/mol. The minimum Gasteiger partial charge on any atom is -0.397 e. The lowest BCUT2D eigenvalue weighted by Crippen LogP contribution is -2.13. The molecule has 3 rings (SSSR count). The average Bonchev–Trinajstić information content (AvgIpc) is 2.69. The van der Waals surface area contributed by atoms with Crippen LogP contribution in [0.5, 0.6) is 0 Å². The van der Waals surface area contributed by atoms with Gasteiger partial charge in [0.25, 0.3) is 5.91 Å². The van der Waals surface area contributed by atoms with Crippen LogP contribution in [0.25, 0.3) is 11.1 Å². The van der Waals surface area contributed by atoms with E-state index in [2.05, 4.69) is 9.84 Å². The second kappa shape index (κ2) is 8.64. The number of nitrogen functional groups attached to an aromatic ring is 1. The van der Waals surface area contributed by atoms with Gasteiger partial charge in [-0.3, -0.25) is 9.36 Å². The van der Waals surface area contributed by atoms with E-state index in [-0.39, 0.29) is 12.5 Å². The summed E-state index contributed by atoms with van der Waals surface area (Å²) in [5.41, 5.74) is 10.1. The number of amides is 1. The Kier molecular flexibility index (Phi) is 6.04. The summed E-state index contributed by atoms with van der Waals surface area (Å²) in [7, 11) is -2.97. The van der Waals surface area contributed by atoms with Gasteiger partial charge in [0.1, 0.15) is 0 Å². The summed E-state index contributed by atoms with van der Waals surface area (Å²) in [5.74, 6) is -0.296. The van der Waals surface area contributed by atoms with Crippen molar-refractivity contribution in [1.29, 1.82) is 0 Å². The van der Waals surface area contributed by atoms with E-state index in [1.807, 2.05) is 42.5 Å². The first kappa shape index (κ1) is 18.9. The summed E-state index contributed by atoms with van der Waals surface area (Å²) in [6.07, 6.45) is 0. The van der Waals surface area contributed by atoms with Crippen molar-refractivity contribution < 1.29 is 18.8 Å². The van der Waals surface area contributed by atoms with E-state index in [0.29, 0.717) is 22.5 Å². The largest absolute Gasteiger partial charge is 0.397 e. The SMILES string of the molecule is Nc1ccc(-c2ccccc2)cc1NC(=O)c1ccc(CO[PH](=O)O)cc1. The molecule has 0 aromatic heterocycles. The fourth-order valence-electron chi connectivity index (χ4n) is 2.57. The minimum atomic E-state index is -2.97. The molecule has 0 fully saturated rings. The lowest BCUT2D eigenvalue weighted by Gasteiger charge is -2.11. The van der Waals surface area contributed by atoms with Crippen LogP contribution in [0.4, 0.5) is 11.4 Å². The number of benzene rings is 3. The summed E-state index contributed by atoms with van der Waals surface area (Å²) in [6.45, 7) is 0.0161. The maximum absolute atomic E-state index is 12.5. The Balaban J connectivity index is 1.75. The fraction of sp³-hybridized carbons (Fsp3) is 0.0500. The lowest BCUT2D eigenvalue weighted by atomic mass is 10.0. The van der Waals surface area contributed by atoms with Crippen LogP contribution in [0.1, 0.15) is 15.9 Å².